The van der Waals surface area contributed by atoms with Gasteiger partial charge in [0.05, 0.1) is 22.8 Å². The second kappa shape index (κ2) is 15.1. The highest BCUT2D eigenvalue weighted by molar-refractivity contribution is 5.83. The Hall–Kier alpha value is -5.60. The van der Waals surface area contributed by atoms with Gasteiger partial charge in [0.25, 0.3) is 0 Å². The molecular formula is C55H58N2. The summed E-state index contributed by atoms with van der Waals surface area (Å²) in [7, 11) is 0. The van der Waals surface area contributed by atoms with Crippen molar-refractivity contribution in [3.63, 3.8) is 0 Å². The predicted octanol–water partition coefficient (Wildman–Crippen LogP) is 15.3. The fraction of sp³-hybridized carbons (Fsp3) is 0.273. The molecule has 0 aliphatic heterocycles. The van der Waals surface area contributed by atoms with Gasteiger partial charge in [0.15, 0.2) is 0 Å². The third-order valence-electron chi connectivity index (χ3n) is 11.3. The number of aryl methyl sites for hydroxylation is 3. The Morgan fingerprint density at radius 3 is 1.28 bits per heavy atom. The zero-order valence-electron chi connectivity index (χ0n) is 36.1. The lowest BCUT2D eigenvalue weighted by Gasteiger charge is -2.26. The second-order valence-electron chi connectivity index (χ2n) is 19.0. The minimum atomic E-state index is 0.00486. The number of hydrogen-bond acceptors (Lipinski definition) is 2. The number of rotatable bonds is 6. The van der Waals surface area contributed by atoms with Crippen molar-refractivity contribution < 1.29 is 0 Å². The summed E-state index contributed by atoms with van der Waals surface area (Å²) in [4.78, 5) is 10.7. The Kier molecular flexibility index (Phi) is 10.5. The fourth-order valence-electron chi connectivity index (χ4n) is 7.77. The summed E-state index contributed by atoms with van der Waals surface area (Å²) >= 11 is 0. The molecule has 0 spiro atoms. The van der Waals surface area contributed by atoms with Crippen molar-refractivity contribution in [1.82, 2.24) is 9.97 Å². The van der Waals surface area contributed by atoms with Crippen LogP contribution in [0.25, 0.3) is 67.3 Å². The van der Waals surface area contributed by atoms with Crippen LogP contribution in [0.4, 0.5) is 0 Å². The summed E-state index contributed by atoms with van der Waals surface area (Å²) in [6, 6.07) is 48.8. The first-order valence-electron chi connectivity index (χ1n) is 20.4. The summed E-state index contributed by atoms with van der Waals surface area (Å²) in [5.41, 5.74) is 20.9. The SMILES string of the molecule is Cc1ccccc1-c1cc(-c2cc(C(C)(C)C)cc(C(C)(C)C)c2)cc(-c2cccc(-c3cc(-c4c(C)cc(C(C)(C)C)cc4C)cc(-c4ccccc4)n3)c2)n1. The minimum absolute atomic E-state index is 0.00486. The quantitative estimate of drug-likeness (QED) is 0.169. The third-order valence-corrected chi connectivity index (χ3v) is 11.3. The van der Waals surface area contributed by atoms with E-state index in [0.717, 1.165) is 50.6 Å². The van der Waals surface area contributed by atoms with Crippen LogP contribution < -0.4 is 0 Å². The Labute approximate surface area is 342 Å². The molecule has 0 aliphatic carbocycles. The molecule has 0 aliphatic rings. The Bertz CT molecular complexity index is 2530. The number of pyridine rings is 2. The standard InChI is InChI=1S/C55H58N2/c1-35-19-16-17-24-47(35)51-31-42(41-28-45(54(7,8)9)34-46(29-41)55(10,11)12)30-49(57-51)39-22-18-23-40(27-39)50-33-43(32-48(56-50)38-20-14-13-15-21-38)52-36(2)25-44(26-37(52)3)53(4,5)6/h13-34H,1-12H3. The highest BCUT2D eigenvalue weighted by atomic mass is 14.7. The highest BCUT2D eigenvalue weighted by Crippen LogP contribution is 2.40. The number of benzene rings is 5. The summed E-state index contributed by atoms with van der Waals surface area (Å²) in [5.74, 6) is 0. The van der Waals surface area contributed by atoms with Crippen LogP contribution in [-0.2, 0) is 16.2 Å². The van der Waals surface area contributed by atoms with Gasteiger partial charge in [-0.15, -0.1) is 0 Å². The molecule has 288 valence electrons. The molecule has 2 nitrogen and oxygen atoms in total. The maximum Gasteiger partial charge on any atom is 0.0718 e. The van der Waals surface area contributed by atoms with Gasteiger partial charge in [-0.1, -0.05) is 165 Å². The van der Waals surface area contributed by atoms with Crippen molar-refractivity contribution in [2.24, 2.45) is 0 Å². The van der Waals surface area contributed by atoms with Crippen LogP contribution in [0.2, 0.25) is 0 Å². The molecule has 7 rings (SSSR count). The molecule has 5 aromatic carbocycles. The number of aromatic nitrogens is 2. The lowest BCUT2D eigenvalue weighted by Crippen LogP contribution is -2.16. The average Bonchev–Trinajstić information content (AvgIpc) is 3.16. The van der Waals surface area contributed by atoms with Crippen molar-refractivity contribution in [2.45, 2.75) is 99.3 Å². The van der Waals surface area contributed by atoms with Gasteiger partial charge in [0, 0.05) is 22.3 Å². The van der Waals surface area contributed by atoms with E-state index in [-0.39, 0.29) is 16.2 Å². The van der Waals surface area contributed by atoms with Crippen LogP contribution in [0.1, 0.15) is 95.7 Å². The zero-order valence-corrected chi connectivity index (χ0v) is 36.1. The van der Waals surface area contributed by atoms with Crippen LogP contribution in [-0.4, -0.2) is 9.97 Å². The Morgan fingerprint density at radius 2 is 0.737 bits per heavy atom. The molecule has 57 heavy (non-hydrogen) atoms. The largest absolute Gasteiger partial charge is 0.248 e. The van der Waals surface area contributed by atoms with E-state index in [1.165, 1.54) is 50.1 Å². The lowest BCUT2D eigenvalue weighted by molar-refractivity contribution is 0.569. The molecule has 0 fully saturated rings. The van der Waals surface area contributed by atoms with E-state index in [1.807, 2.05) is 0 Å². The van der Waals surface area contributed by atoms with Crippen molar-refractivity contribution in [1.29, 1.82) is 0 Å². The monoisotopic (exact) mass is 746 g/mol. The minimum Gasteiger partial charge on any atom is -0.248 e. The molecule has 7 aromatic rings. The van der Waals surface area contributed by atoms with E-state index in [4.69, 9.17) is 9.97 Å². The van der Waals surface area contributed by atoms with Gasteiger partial charge in [-0.25, -0.2) is 9.97 Å². The molecule has 0 saturated carbocycles. The van der Waals surface area contributed by atoms with Gasteiger partial charge in [-0.2, -0.15) is 0 Å². The smallest absolute Gasteiger partial charge is 0.0718 e. The van der Waals surface area contributed by atoms with Gasteiger partial charge in [0.2, 0.25) is 0 Å². The van der Waals surface area contributed by atoms with Gasteiger partial charge < -0.3 is 0 Å². The fourth-order valence-corrected chi connectivity index (χ4v) is 7.77. The molecule has 0 saturated heterocycles. The molecule has 0 bridgehead atoms. The van der Waals surface area contributed by atoms with E-state index in [0.29, 0.717) is 0 Å². The maximum atomic E-state index is 5.40. The molecule has 0 radical (unpaired) electrons. The lowest BCUT2D eigenvalue weighted by atomic mass is 9.79. The van der Waals surface area contributed by atoms with E-state index >= 15 is 0 Å². The van der Waals surface area contributed by atoms with Crippen LogP contribution in [0.15, 0.2) is 133 Å². The molecule has 0 amide bonds. The van der Waals surface area contributed by atoms with E-state index in [1.54, 1.807) is 0 Å². The van der Waals surface area contributed by atoms with Crippen LogP contribution in [0.3, 0.4) is 0 Å². The summed E-state index contributed by atoms with van der Waals surface area (Å²) < 4.78 is 0. The molecule has 0 N–H and O–H groups in total. The highest BCUT2D eigenvalue weighted by Gasteiger charge is 2.23. The summed E-state index contributed by atoms with van der Waals surface area (Å²) in [6.07, 6.45) is 0. The van der Waals surface area contributed by atoms with Crippen LogP contribution in [0.5, 0.6) is 0 Å². The second-order valence-corrected chi connectivity index (χ2v) is 19.0. The van der Waals surface area contributed by atoms with Gasteiger partial charge >= 0.3 is 0 Å². The first kappa shape index (κ1) is 39.6. The predicted molar refractivity (Wildman–Crippen MR) is 245 cm³/mol. The molecule has 0 atom stereocenters. The van der Waals surface area contributed by atoms with Gasteiger partial charge in [0.1, 0.15) is 0 Å². The van der Waals surface area contributed by atoms with Crippen molar-refractivity contribution in [3.05, 3.63) is 167 Å². The van der Waals surface area contributed by atoms with E-state index < -0.39 is 0 Å². The van der Waals surface area contributed by atoms with Crippen molar-refractivity contribution >= 4 is 0 Å². The molecule has 2 heteroatoms. The number of nitrogens with zero attached hydrogens (tertiary/aromatic N) is 2. The van der Waals surface area contributed by atoms with Crippen molar-refractivity contribution in [3.8, 4) is 67.3 Å². The van der Waals surface area contributed by atoms with Crippen molar-refractivity contribution in [2.75, 3.05) is 0 Å². The summed E-state index contributed by atoms with van der Waals surface area (Å²) in [6.45, 7) is 27.3. The van der Waals surface area contributed by atoms with E-state index in [2.05, 4.69) is 217 Å². The molecule has 2 aromatic heterocycles. The molecular weight excluding hydrogens is 689 g/mol. The van der Waals surface area contributed by atoms with E-state index in [9.17, 15) is 0 Å². The maximum absolute atomic E-state index is 5.40. The Morgan fingerprint density at radius 1 is 0.316 bits per heavy atom. The van der Waals surface area contributed by atoms with Gasteiger partial charge in [-0.05, 0) is 123 Å². The first-order chi connectivity index (χ1) is 26.8. The van der Waals surface area contributed by atoms with Gasteiger partial charge in [-0.3, -0.25) is 0 Å². The number of hydrogen-bond donors (Lipinski definition) is 0. The molecule has 0 unspecified atom stereocenters. The zero-order chi connectivity index (χ0) is 40.9. The normalized spacial score (nSPS) is 12.2. The third kappa shape index (κ3) is 8.57. The topological polar surface area (TPSA) is 25.8 Å². The van der Waals surface area contributed by atoms with Crippen LogP contribution >= 0.6 is 0 Å². The molecule has 2 heterocycles. The average molecular weight is 747 g/mol. The van der Waals surface area contributed by atoms with Crippen LogP contribution in [0, 0.1) is 20.8 Å². The Balaban J connectivity index is 1.42. The first-order valence-corrected chi connectivity index (χ1v) is 20.4. The summed E-state index contributed by atoms with van der Waals surface area (Å²) in [5, 5.41) is 0.